The average Bonchev–Trinajstić information content (AvgIpc) is 3.57. The molecule has 1 aromatic carbocycles. The Balaban J connectivity index is 1.53. The summed E-state index contributed by atoms with van der Waals surface area (Å²) < 4.78 is 0. The number of hydrogen-bond donors (Lipinski definition) is 1. The van der Waals surface area contributed by atoms with Crippen molar-refractivity contribution in [2.24, 2.45) is 28.3 Å². The fourth-order valence-electron chi connectivity index (χ4n) is 4.20. The fourth-order valence-corrected chi connectivity index (χ4v) is 4.20. The van der Waals surface area contributed by atoms with E-state index in [4.69, 9.17) is 0 Å². The minimum Gasteiger partial charge on any atom is -0.299 e. The van der Waals surface area contributed by atoms with Gasteiger partial charge in [-0.05, 0) is 68.3 Å². The predicted octanol–water partition coefficient (Wildman–Crippen LogP) is 4.86. The standard InChI is InChI=1S/C21H26N4O5/c1-21(15-6-7-15,12-20(26)14-4-5-14)11-18(13-2-3-13)23-22-17-9-8-16(24(27)28)10-19(17)25(29)30/h8-10,13-15,22H,2-7,11-12H2,1H3/b23-18+/t21-/m1/s1. The highest BCUT2D eigenvalue weighted by Crippen LogP contribution is 2.52. The molecule has 3 fully saturated rings. The summed E-state index contributed by atoms with van der Waals surface area (Å²) in [5, 5.41) is 26.8. The second-order valence-corrected chi connectivity index (χ2v) is 9.23. The van der Waals surface area contributed by atoms with Gasteiger partial charge in [0, 0.05) is 24.1 Å². The summed E-state index contributed by atoms with van der Waals surface area (Å²) in [6.07, 6.45) is 7.62. The molecular formula is C21H26N4O5. The Morgan fingerprint density at radius 1 is 1.07 bits per heavy atom. The number of rotatable bonds is 11. The lowest BCUT2D eigenvalue weighted by Gasteiger charge is -2.30. The van der Waals surface area contributed by atoms with E-state index >= 15 is 0 Å². The van der Waals surface area contributed by atoms with E-state index < -0.39 is 9.85 Å². The van der Waals surface area contributed by atoms with Gasteiger partial charge in [0.2, 0.25) is 0 Å². The molecule has 4 rings (SSSR count). The van der Waals surface area contributed by atoms with Crippen LogP contribution in [-0.2, 0) is 4.79 Å². The number of hydrazone groups is 1. The second kappa shape index (κ2) is 7.77. The summed E-state index contributed by atoms with van der Waals surface area (Å²) >= 11 is 0. The van der Waals surface area contributed by atoms with Crippen LogP contribution in [0.3, 0.4) is 0 Å². The molecule has 30 heavy (non-hydrogen) atoms. The molecule has 3 aliphatic rings. The van der Waals surface area contributed by atoms with E-state index in [-0.39, 0.29) is 28.4 Å². The average molecular weight is 414 g/mol. The first-order valence-corrected chi connectivity index (χ1v) is 10.5. The molecular weight excluding hydrogens is 388 g/mol. The molecule has 0 bridgehead atoms. The molecule has 3 aliphatic carbocycles. The van der Waals surface area contributed by atoms with Crippen LogP contribution < -0.4 is 5.43 Å². The molecule has 160 valence electrons. The third kappa shape index (κ3) is 4.66. The molecule has 0 unspecified atom stereocenters. The summed E-state index contributed by atoms with van der Waals surface area (Å²) in [6.45, 7) is 2.18. The molecule has 1 N–H and O–H groups in total. The maximum Gasteiger partial charge on any atom is 0.301 e. The van der Waals surface area contributed by atoms with Gasteiger partial charge in [-0.2, -0.15) is 5.10 Å². The number of non-ortho nitro benzene ring substituents is 1. The van der Waals surface area contributed by atoms with Gasteiger partial charge >= 0.3 is 5.69 Å². The Bertz CT molecular complexity index is 918. The van der Waals surface area contributed by atoms with Gasteiger partial charge in [-0.3, -0.25) is 30.4 Å². The number of ketones is 1. The van der Waals surface area contributed by atoms with Crippen molar-refractivity contribution < 1.29 is 14.6 Å². The highest BCUT2D eigenvalue weighted by molar-refractivity contribution is 5.91. The highest BCUT2D eigenvalue weighted by Gasteiger charge is 2.47. The Hall–Kier alpha value is -2.84. The zero-order valence-electron chi connectivity index (χ0n) is 17.0. The highest BCUT2D eigenvalue weighted by atomic mass is 16.6. The van der Waals surface area contributed by atoms with Gasteiger partial charge < -0.3 is 0 Å². The lowest BCUT2D eigenvalue weighted by Crippen LogP contribution is -2.28. The van der Waals surface area contributed by atoms with Crippen molar-refractivity contribution in [3.8, 4) is 0 Å². The largest absolute Gasteiger partial charge is 0.301 e. The van der Waals surface area contributed by atoms with Crippen LogP contribution >= 0.6 is 0 Å². The molecule has 0 amide bonds. The third-order valence-corrected chi connectivity index (χ3v) is 6.52. The molecule has 1 aromatic rings. The Morgan fingerprint density at radius 2 is 1.73 bits per heavy atom. The van der Waals surface area contributed by atoms with Crippen molar-refractivity contribution in [3.63, 3.8) is 0 Å². The van der Waals surface area contributed by atoms with Crippen LogP contribution in [0.1, 0.15) is 58.3 Å². The van der Waals surface area contributed by atoms with Crippen molar-refractivity contribution in [2.45, 2.75) is 58.3 Å². The van der Waals surface area contributed by atoms with E-state index in [1.807, 2.05) is 0 Å². The zero-order chi connectivity index (χ0) is 21.5. The van der Waals surface area contributed by atoms with Crippen LogP contribution in [0.5, 0.6) is 0 Å². The van der Waals surface area contributed by atoms with E-state index in [0.29, 0.717) is 30.5 Å². The second-order valence-electron chi connectivity index (χ2n) is 9.23. The van der Waals surface area contributed by atoms with E-state index in [1.165, 1.54) is 12.1 Å². The monoisotopic (exact) mass is 414 g/mol. The maximum absolute atomic E-state index is 12.5. The topological polar surface area (TPSA) is 128 Å². The molecule has 3 saturated carbocycles. The first-order valence-electron chi connectivity index (χ1n) is 10.5. The van der Waals surface area contributed by atoms with Gasteiger partial charge in [0.05, 0.1) is 15.9 Å². The quantitative estimate of drug-likeness (QED) is 0.313. The molecule has 0 heterocycles. The molecule has 9 heteroatoms. The summed E-state index contributed by atoms with van der Waals surface area (Å²) in [6, 6.07) is 3.49. The normalized spacial score (nSPS) is 21.0. The van der Waals surface area contributed by atoms with Gasteiger partial charge in [0.15, 0.2) is 0 Å². The number of nitro benzene ring substituents is 2. The van der Waals surface area contributed by atoms with E-state index in [2.05, 4.69) is 17.5 Å². The number of carbonyl (C=O) groups excluding carboxylic acids is 1. The molecule has 0 saturated heterocycles. The lowest BCUT2D eigenvalue weighted by molar-refractivity contribution is -0.393. The summed E-state index contributed by atoms with van der Waals surface area (Å²) in [4.78, 5) is 33.5. The smallest absolute Gasteiger partial charge is 0.299 e. The third-order valence-electron chi connectivity index (χ3n) is 6.52. The van der Waals surface area contributed by atoms with Crippen molar-refractivity contribution in [1.29, 1.82) is 0 Å². The maximum atomic E-state index is 12.5. The molecule has 0 aliphatic heterocycles. The van der Waals surface area contributed by atoms with Crippen LogP contribution in [0.4, 0.5) is 17.1 Å². The van der Waals surface area contributed by atoms with Crippen LogP contribution in [0.25, 0.3) is 0 Å². The molecule has 9 nitrogen and oxygen atoms in total. The molecule has 0 radical (unpaired) electrons. The minimum atomic E-state index is -0.659. The van der Waals surface area contributed by atoms with Crippen molar-refractivity contribution in [2.75, 3.05) is 5.43 Å². The number of nitrogens with one attached hydrogen (secondary N) is 1. The first kappa shape index (κ1) is 20.4. The van der Waals surface area contributed by atoms with Gasteiger partial charge in [-0.25, -0.2) is 0 Å². The Labute approximate surface area is 174 Å². The van der Waals surface area contributed by atoms with E-state index in [9.17, 15) is 25.0 Å². The molecule has 0 spiro atoms. The number of benzene rings is 1. The van der Waals surface area contributed by atoms with Gasteiger partial charge in [0.25, 0.3) is 5.69 Å². The lowest BCUT2D eigenvalue weighted by atomic mass is 9.74. The molecule has 1 atom stereocenters. The SMILES string of the molecule is C[C@](CC(=O)C1CC1)(C/C(=N\Nc1ccc([N+](=O)[O-])cc1[N+](=O)[O-])C1CC1)C1CC1. The summed E-state index contributed by atoms with van der Waals surface area (Å²) in [5.74, 6) is 1.46. The van der Waals surface area contributed by atoms with E-state index in [1.54, 1.807) is 0 Å². The predicted molar refractivity (Wildman–Crippen MR) is 111 cm³/mol. The van der Waals surface area contributed by atoms with Crippen LogP contribution in [0, 0.1) is 43.4 Å². The van der Waals surface area contributed by atoms with Crippen LogP contribution in [-0.4, -0.2) is 21.3 Å². The number of anilines is 1. The Morgan fingerprint density at radius 3 is 2.27 bits per heavy atom. The number of carbonyl (C=O) groups is 1. The van der Waals surface area contributed by atoms with Gasteiger partial charge in [-0.15, -0.1) is 0 Å². The number of Topliss-reactive ketones (excluding diaryl/α,β-unsaturated/α-hetero) is 1. The summed E-state index contributed by atoms with van der Waals surface area (Å²) in [7, 11) is 0. The summed E-state index contributed by atoms with van der Waals surface area (Å²) in [5.41, 5.74) is 3.03. The number of nitrogens with zero attached hydrogens (tertiary/aromatic N) is 3. The van der Waals surface area contributed by atoms with Gasteiger partial charge in [-0.1, -0.05) is 6.92 Å². The van der Waals surface area contributed by atoms with Gasteiger partial charge in [0.1, 0.15) is 11.5 Å². The van der Waals surface area contributed by atoms with Crippen molar-refractivity contribution in [3.05, 3.63) is 38.4 Å². The Kier molecular flexibility index (Phi) is 5.29. The number of hydrogen-bond acceptors (Lipinski definition) is 7. The van der Waals surface area contributed by atoms with Crippen LogP contribution in [0.15, 0.2) is 23.3 Å². The van der Waals surface area contributed by atoms with Crippen molar-refractivity contribution in [1.82, 2.24) is 0 Å². The first-order chi connectivity index (χ1) is 14.3. The number of nitro groups is 2. The fraction of sp³-hybridized carbons (Fsp3) is 0.619. The molecule has 0 aromatic heterocycles. The van der Waals surface area contributed by atoms with Crippen LogP contribution in [0.2, 0.25) is 0 Å². The van der Waals surface area contributed by atoms with E-state index in [0.717, 1.165) is 50.3 Å². The minimum absolute atomic E-state index is 0.121. The zero-order valence-corrected chi connectivity index (χ0v) is 17.0. The van der Waals surface area contributed by atoms with Crippen molar-refractivity contribution >= 4 is 28.6 Å².